The molecule has 0 spiro atoms. The summed E-state index contributed by atoms with van der Waals surface area (Å²) in [5, 5.41) is 0. The van der Waals surface area contributed by atoms with Gasteiger partial charge in [0.2, 0.25) is 0 Å². The molecule has 230 valence electrons. The van der Waals surface area contributed by atoms with Gasteiger partial charge in [0.25, 0.3) is 0 Å². The molecule has 2 saturated carbocycles. The number of unbranched alkanes of at least 4 members (excludes halogenated alkanes) is 15. The third kappa shape index (κ3) is 16.2. The Morgan fingerprint density at radius 1 is 0.487 bits per heavy atom. The molecule has 1 aliphatic heterocycles. The van der Waals surface area contributed by atoms with Gasteiger partial charge in [0, 0.05) is 13.1 Å². The van der Waals surface area contributed by atoms with Crippen molar-refractivity contribution in [2.75, 3.05) is 39.3 Å². The lowest BCUT2D eigenvalue weighted by molar-refractivity contribution is 0.217. The van der Waals surface area contributed by atoms with Crippen LogP contribution in [0.3, 0.4) is 0 Å². The van der Waals surface area contributed by atoms with Crippen LogP contribution in [0, 0.1) is 23.7 Å². The van der Waals surface area contributed by atoms with Gasteiger partial charge in [-0.1, -0.05) is 129 Å². The van der Waals surface area contributed by atoms with Crippen LogP contribution < -0.4 is 0 Å². The van der Waals surface area contributed by atoms with Crippen LogP contribution in [0.5, 0.6) is 0 Å². The smallest absolute Gasteiger partial charge is 0.0109 e. The molecule has 3 rings (SSSR count). The van der Waals surface area contributed by atoms with Crippen molar-refractivity contribution in [3.63, 3.8) is 0 Å². The summed E-state index contributed by atoms with van der Waals surface area (Å²) in [6, 6.07) is 0. The zero-order valence-corrected chi connectivity index (χ0v) is 27.1. The Balaban J connectivity index is 1.10. The number of rotatable bonds is 28. The lowest BCUT2D eigenvalue weighted by Gasteiger charge is -2.25. The molecular formula is C37H72N2. The van der Waals surface area contributed by atoms with Crippen LogP contribution in [0.25, 0.3) is 0 Å². The Bertz CT molecular complexity index is 556. The van der Waals surface area contributed by atoms with E-state index in [0.717, 1.165) is 23.7 Å². The molecule has 0 N–H and O–H groups in total. The van der Waals surface area contributed by atoms with Crippen molar-refractivity contribution in [2.24, 2.45) is 23.7 Å². The quantitative estimate of drug-likeness (QED) is 0.0904. The third-order valence-electron chi connectivity index (χ3n) is 10.7. The Morgan fingerprint density at radius 2 is 0.949 bits per heavy atom. The summed E-state index contributed by atoms with van der Waals surface area (Å²) in [6.45, 7) is 12.7. The number of nitrogens with zero attached hydrogens (tertiary/aromatic N) is 2. The van der Waals surface area contributed by atoms with Crippen molar-refractivity contribution >= 4 is 0 Å². The molecule has 4 atom stereocenters. The zero-order chi connectivity index (χ0) is 27.4. The molecule has 2 heteroatoms. The van der Waals surface area contributed by atoms with E-state index in [1.165, 1.54) is 174 Å². The molecule has 0 radical (unpaired) electrons. The molecule has 0 amide bonds. The van der Waals surface area contributed by atoms with Gasteiger partial charge in [0.15, 0.2) is 0 Å². The Kier molecular flexibility index (Phi) is 18.5. The van der Waals surface area contributed by atoms with Gasteiger partial charge in [0.1, 0.15) is 0 Å². The maximum Gasteiger partial charge on any atom is 0.0109 e. The molecular weight excluding hydrogens is 472 g/mol. The minimum Gasteiger partial charge on any atom is -0.302 e. The van der Waals surface area contributed by atoms with Crippen LogP contribution in [0.1, 0.15) is 174 Å². The summed E-state index contributed by atoms with van der Waals surface area (Å²) < 4.78 is 0. The van der Waals surface area contributed by atoms with Crippen molar-refractivity contribution in [3.05, 3.63) is 0 Å². The summed E-state index contributed by atoms with van der Waals surface area (Å²) in [6.07, 6.45) is 37.0. The summed E-state index contributed by atoms with van der Waals surface area (Å²) in [7, 11) is 0. The van der Waals surface area contributed by atoms with E-state index >= 15 is 0 Å². The number of hydrogen-bond donors (Lipinski definition) is 0. The second-order valence-corrected chi connectivity index (χ2v) is 14.4. The third-order valence-corrected chi connectivity index (χ3v) is 10.7. The number of hydrogen-bond acceptors (Lipinski definition) is 2. The molecule has 3 aliphatic rings. The van der Waals surface area contributed by atoms with E-state index in [2.05, 4.69) is 23.6 Å². The maximum atomic E-state index is 2.83. The molecule has 1 saturated heterocycles. The average molecular weight is 545 g/mol. The van der Waals surface area contributed by atoms with Crippen LogP contribution in [0.15, 0.2) is 0 Å². The highest BCUT2D eigenvalue weighted by molar-refractivity contribution is 4.94. The second kappa shape index (κ2) is 21.6. The van der Waals surface area contributed by atoms with Gasteiger partial charge in [-0.2, -0.15) is 0 Å². The van der Waals surface area contributed by atoms with Gasteiger partial charge in [-0.25, -0.2) is 0 Å². The molecule has 0 aromatic heterocycles. The molecule has 0 aromatic carbocycles. The Morgan fingerprint density at radius 3 is 1.49 bits per heavy atom. The average Bonchev–Trinajstić information content (AvgIpc) is 3.82. The first-order valence-corrected chi connectivity index (χ1v) is 18.7. The Hall–Kier alpha value is -0.0800. The van der Waals surface area contributed by atoms with Crippen LogP contribution in [-0.4, -0.2) is 49.1 Å². The van der Waals surface area contributed by atoms with E-state index < -0.39 is 0 Å². The highest BCUT2D eigenvalue weighted by Gasteiger charge is 2.44. The normalized spacial score (nSPS) is 24.7. The van der Waals surface area contributed by atoms with Crippen molar-refractivity contribution in [1.82, 2.24) is 9.80 Å². The summed E-state index contributed by atoms with van der Waals surface area (Å²) in [4.78, 5) is 5.54. The molecule has 2 aliphatic carbocycles. The lowest BCUT2D eigenvalue weighted by Crippen LogP contribution is -2.35. The van der Waals surface area contributed by atoms with Gasteiger partial charge in [-0.3, -0.25) is 0 Å². The van der Waals surface area contributed by atoms with E-state index in [-0.39, 0.29) is 0 Å². The molecule has 4 unspecified atom stereocenters. The molecule has 0 aromatic rings. The minimum atomic E-state index is 1.14. The fourth-order valence-corrected chi connectivity index (χ4v) is 7.66. The van der Waals surface area contributed by atoms with E-state index in [1.807, 2.05) is 0 Å². The van der Waals surface area contributed by atoms with Crippen LogP contribution in [0.4, 0.5) is 0 Å². The standard InChI is InChI=1S/C37H72N2/c1-3-5-7-8-9-13-16-19-25-38(29-30-39-27-21-22-28-39)26-20-17-14-11-10-12-15-18-24-35-32-37(35)33-36-31-34(36)23-6-4-2/h34-37H,3-33H2,1-2H3. The first-order valence-electron chi connectivity index (χ1n) is 18.7. The number of likely N-dealkylation sites (tertiary alicyclic amines) is 1. The van der Waals surface area contributed by atoms with E-state index in [1.54, 1.807) is 25.7 Å². The van der Waals surface area contributed by atoms with E-state index in [0.29, 0.717) is 0 Å². The topological polar surface area (TPSA) is 6.48 Å². The van der Waals surface area contributed by atoms with Gasteiger partial charge in [-0.05, 0) is 94.8 Å². The molecule has 1 heterocycles. The minimum absolute atomic E-state index is 1.14. The molecule has 2 nitrogen and oxygen atoms in total. The van der Waals surface area contributed by atoms with Gasteiger partial charge in [-0.15, -0.1) is 0 Å². The van der Waals surface area contributed by atoms with Crippen LogP contribution >= 0.6 is 0 Å². The summed E-state index contributed by atoms with van der Waals surface area (Å²) >= 11 is 0. The highest BCUT2D eigenvalue weighted by Crippen LogP contribution is 2.54. The molecule has 39 heavy (non-hydrogen) atoms. The second-order valence-electron chi connectivity index (χ2n) is 14.4. The van der Waals surface area contributed by atoms with Gasteiger partial charge < -0.3 is 9.80 Å². The predicted octanol–water partition coefficient (Wildman–Crippen LogP) is 10.9. The lowest BCUT2D eigenvalue weighted by atomic mass is 10.0. The van der Waals surface area contributed by atoms with Crippen molar-refractivity contribution in [1.29, 1.82) is 0 Å². The first-order chi connectivity index (χ1) is 19.3. The summed E-state index contributed by atoms with van der Waals surface area (Å²) in [5.74, 6) is 4.57. The van der Waals surface area contributed by atoms with Crippen molar-refractivity contribution in [3.8, 4) is 0 Å². The fourth-order valence-electron chi connectivity index (χ4n) is 7.66. The molecule has 3 fully saturated rings. The largest absolute Gasteiger partial charge is 0.302 e. The van der Waals surface area contributed by atoms with Crippen molar-refractivity contribution in [2.45, 2.75) is 174 Å². The highest BCUT2D eigenvalue weighted by atomic mass is 15.2. The fraction of sp³-hybridized carbons (Fsp3) is 1.00. The maximum absolute atomic E-state index is 2.83. The molecule has 0 bridgehead atoms. The first kappa shape index (κ1) is 33.4. The predicted molar refractivity (Wildman–Crippen MR) is 174 cm³/mol. The van der Waals surface area contributed by atoms with E-state index in [4.69, 9.17) is 0 Å². The van der Waals surface area contributed by atoms with Crippen LogP contribution in [-0.2, 0) is 0 Å². The zero-order valence-electron chi connectivity index (χ0n) is 27.1. The van der Waals surface area contributed by atoms with Gasteiger partial charge >= 0.3 is 0 Å². The Labute approximate surface area is 246 Å². The monoisotopic (exact) mass is 545 g/mol. The van der Waals surface area contributed by atoms with Crippen LogP contribution in [0.2, 0.25) is 0 Å². The van der Waals surface area contributed by atoms with Crippen molar-refractivity contribution < 1.29 is 0 Å². The van der Waals surface area contributed by atoms with Gasteiger partial charge in [0.05, 0.1) is 0 Å². The van der Waals surface area contributed by atoms with E-state index in [9.17, 15) is 0 Å². The SMILES string of the molecule is CCCCCCCCCCN(CCCCCCCCCCC1CC1CC1CC1CCCC)CCN1CCCC1. The summed E-state index contributed by atoms with van der Waals surface area (Å²) in [5.41, 5.74) is 0.